The number of carbonyl (C=O) groups excluding carboxylic acids is 1. The number of hydrogen-bond donors (Lipinski definition) is 0. The molecule has 0 aliphatic heterocycles. The van der Waals surface area contributed by atoms with Gasteiger partial charge >= 0.3 is 5.97 Å². The molecule has 0 radical (unpaired) electrons. The van der Waals surface area contributed by atoms with Gasteiger partial charge in [0.2, 0.25) is 0 Å². The zero-order valence-electron chi connectivity index (χ0n) is 13.2. The van der Waals surface area contributed by atoms with E-state index in [1.807, 2.05) is 54.9 Å². The van der Waals surface area contributed by atoms with Crippen LogP contribution in [0, 0.1) is 0 Å². The van der Waals surface area contributed by atoms with Gasteiger partial charge in [-0.05, 0) is 29.0 Å². The van der Waals surface area contributed by atoms with E-state index in [0.29, 0.717) is 5.56 Å². The van der Waals surface area contributed by atoms with E-state index in [4.69, 9.17) is 0 Å². The predicted molar refractivity (Wildman–Crippen MR) is 94.8 cm³/mol. The number of fused-ring (bicyclic) bond motifs is 2. The third kappa shape index (κ3) is 3.55. The largest absolute Gasteiger partial charge is 0.465 e. The van der Waals surface area contributed by atoms with Crippen molar-refractivity contribution in [2.75, 3.05) is 7.11 Å². The summed E-state index contributed by atoms with van der Waals surface area (Å²) in [7, 11) is 1.36. The fourth-order valence-corrected chi connectivity index (χ4v) is 2.33. The van der Waals surface area contributed by atoms with Crippen LogP contribution in [0.15, 0.2) is 79.3 Å². The molecule has 0 fully saturated rings. The second-order valence-electron chi connectivity index (χ2n) is 5.13. The molecule has 0 bridgehead atoms. The van der Waals surface area contributed by atoms with Crippen LogP contribution in [0.5, 0.6) is 0 Å². The minimum absolute atomic E-state index is 0.358. The van der Waals surface area contributed by atoms with Gasteiger partial charge in [0.05, 0.1) is 18.2 Å². The van der Waals surface area contributed by atoms with E-state index in [1.165, 1.54) is 24.1 Å². The van der Waals surface area contributed by atoms with Gasteiger partial charge in [-0.15, -0.1) is 0 Å². The lowest BCUT2D eigenvalue weighted by atomic mass is 10.2. The van der Waals surface area contributed by atoms with E-state index in [9.17, 15) is 4.79 Å². The van der Waals surface area contributed by atoms with Crippen molar-refractivity contribution in [3.63, 3.8) is 0 Å². The molecule has 24 heavy (non-hydrogen) atoms. The highest BCUT2D eigenvalue weighted by molar-refractivity contribution is 5.93. The molecule has 0 aliphatic rings. The van der Waals surface area contributed by atoms with E-state index in [-0.39, 0.29) is 5.97 Å². The lowest BCUT2D eigenvalue weighted by Crippen LogP contribution is -2.01. The number of nitrogens with zero attached hydrogens (tertiary/aromatic N) is 2. The van der Waals surface area contributed by atoms with Crippen molar-refractivity contribution >= 4 is 27.6 Å². The van der Waals surface area contributed by atoms with E-state index in [1.54, 1.807) is 6.07 Å². The van der Waals surface area contributed by atoms with E-state index in [2.05, 4.69) is 26.8 Å². The van der Waals surface area contributed by atoms with Crippen molar-refractivity contribution in [2.45, 2.75) is 0 Å². The lowest BCUT2D eigenvalue weighted by molar-refractivity contribution is 0.0600. The summed E-state index contributed by atoms with van der Waals surface area (Å²) < 4.78 is 4.61. The highest BCUT2D eigenvalue weighted by Crippen LogP contribution is 2.13. The van der Waals surface area contributed by atoms with E-state index in [0.717, 1.165) is 10.9 Å². The number of pyridine rings is 2. The average Bonchev–Trinajstić information content (AvgIpc) is 2.67. The number of aromatic nitrogens is 2. The van der Waals surface area contributed by atoms with Crippen LogP contribution < -0.4 is 0 Å². The van der Waals surface area contributed by atoms with Crippen molar-refractivity contribution in [3.05, 3.63) is 84.8 Å². The van der Waals surface area contributed by atoms with Crippen LogP contribution >= 0.6 is 0 Å². The summed E-state index contributed by atoms with van der Waals surface area (Å²) in [4.78, 5) is 19.4. The van der Waals surface area contributed by atoms with E-state index >= 15 is 0 Å². The number of ether oxygens (including phenoxy) is 1. The quantitative estimate of drug-likeness (QED) is 0.492. The third-order valence-corrected chi connectivity index (χ3v) is 3.56. The first-order chi connectivity index (χ1) is 11.8. The van der Waals surface area contributed by atoms with Crippen LogP contribution in [0.3, 0.4) is 0 Å². The molecule has 0 saturated carbocycles. The first-order valence-corrected chi connectivity index (χ1v) is 7.50. The zero-order chi connectivity index (χ0) is 16.8. The molecule has 0 unspecified atom stereocenters. The van der Waals surface area contributed by atoms with Crippen molar-refractivity contribution in [2.24, 2.45) is 0 Å². The van der Waals surface area contributed by atoms with Gasteiger partial charge in [0.15, 0.2) is 0 Å². The third-order valence-electron chi connectivity index (χ3n) is 3.56. The van der Waals surface area contributed by atoms with Crippen LogP contribution in [0.1, 0.15) is 10.4 Å². The summed E-state index contributed by atoms with van der Waals surface area (Å²) in [6, 6.07) is 19.6. The monoisotopic (exact) mass is 316 g/mol. The summed E-state index contributed by atoms with van der Waals surface area (Å²) in [5, 5.41) is 3.39. The molecule has 4 aromatic rings. The van der Waals surface area contributed by atoms with Crippen LogP contribution in [0.25, 0.3) is 21.7 Å². The first kappa shape index (κ1) is 15.6. The van der Waals surface area contributed by atoms with Gasteiger partial charge in [0, 0.05) is 24.0 Å². The number of para-hydroxylation sites is 1. The molecule has 118 valence electrons. The maximum absolute atomic E-state index is 11.2. The first-order valence-electron chi connectivity index (χ1n) is 7.50. The highest BCUT2D eigenvalue weighted by Gasteiger charge is 2.05. The number of carbonyl (C=O) groups is 1. The second-order valence-corrected chi connectivity index (χ2v) is 5.13. The summed E-state index contributed by atoms with van der Waals surface area (Å²) >= 11 is 0. The predicted octanol–water partition coefficient (Wildman–Crippen LogP) is 4.26. The molecule has 0 aliphatic carbocycles. The fourth-order valence-electron chi connectivity index (χ4n) is 2.33. The number of rotatable bonds is 1. The minimum Gasteiger partial charge on any atom is -0.465 e. The Kier molecular flexibility index (Phi) is 4.77. The van der Waals surface area contributed by atoms with Gasteiger partial charge < -0.3 is 4.74 Å². The SMILES string of the molecule is COC(=O)c1cnc2ccccc2c1.c1ccc2cnccc2c1. The van der Waals surface area contributed by atoms with Crippen molar-refractivity contribution < 1.29 is 9.53 Å². The van der Waals surface area contributed by atoms with Crippen LogP contribution in [0.2, 0.25) is 0 Å². The van der Waals surface area contributed by atoms with Crippen molar-refractivity contribution in [1.82, 2.24) is 9.97 Å². The normalized spacial score (nSPS) is 10.0. The number of hydrogen-bond acceptors (Lipinski definition) is 4. The standard InChI is InChI=1S/C11H9NO2.C9H7N/c1-14-11(13)9-6-8-4-2-3-5-10(8)12-7-9;1-2-4-9-7-10-6-5-8(9)3-1/h2-7H,1H3;1-7H. The number of esters is 1. The Bertz CT molecular complexity index is 918. The summed E-state index contributed by atoms with van der Waals surface area (Å²) in [6.45, 7) is 0. The van der Waals surface area contributed by atoms with Crippen molar-refractivity contribution in [3.8, 4) is 0 Å². The summed E-state index contributed by atoms with van der Waals surface area (Å²) in [6.07, 6.45) is 5.20. The van der Waals surface area contributed by atoms with Gasteiger partial charge in [-0.1, -0.05) is 42.5 Å². The highest BCUT2D eigenvalue weighted by atomic mass is 16.5. The Balaban J connectivity index is 0.000000149. The fraction of sp³-hybridized carbons (Fsp3) is 0.0500. The minimum atomic E-state index is -0.358. The van der Waals surface area contributed by atoms with Gasteiger partial charge in [-0.3, -0.25) is 9.97 Å². The zero-order valence-corrected chi connectivity index (χ0v) is 13.2. The van der Waals surface area contributed by atoms with Crippen LogP contribution in [-0.2, 0) is 4.74 Å². The Hall–Kier alpha value is -3.27. The van der Waals surface area contributed by atoms with Crippen LogP contribution in [0.4, 0.5) is 0 Å². The van der Waals surface area contributed by atoms with Crippen LogP contribution in [-0.4, -0.2) is 23.0 Å². The maximum atomic E-state index is 11.2. The molecular weight excluding hydrogens is 300 g/mol. The molecule has 0 spiro atoms. The van der Waals surface area contributed by atoms with Gasteiger partial charge in [-0.25, -0.2) is 4.79 Å². The molecule has 2 aromatic heterocycles. The molecule has 0 atom stereocenters. The topological polar surface area (TPSA) is 52.1 Å². The van der Waals surface area contributed by atoms with E-state index < -0.39 is 0 Å². The van der Waals surface area contributed by atoms with Gasteiger partial charge in [0.25, 0.3) is 0 Å². The molecule has 0 saturated heterocycles. The Morgan fingerprint density at radius 3 is 2.33 bits per heavy atom. The number of benzene rings is 2. The molecular formula is C20H16N2O2. The lowest BCUT2D eigenvalue weighted by Gasteiger charge is -2.00. The molecule has 4 rings (SSSR count). The van der Waals surface area contributed by atoms with Crippen molar-refractivity contribution in [1.29, 1.82) is 0 Å². The smallest absolute Gasteiger partial charge is 0.339 e. The molecule has 0 amide bonds. The Morgan fingerprint density at radius 1 is 0.875 bits per heavy atom. The Morgan fingerprint density at radius 2 is 1.58 bits per heavy atom. The maximum Gasteiger partial charge on any atom is 0.339 e. The van der Waals surface area contributed by atoms with Gasteiger partial charge in [0.1, 0.15) is 0 Å². The molecule has 2 heterocycles. The average molecular weight is 316 g/mol. The summed E-state index contributed by atoms with van der Waals surface area (Å²) in [5.41, 5.74) is 1.35. The summed E-state index contributed by atoms with van der Waals surface area (Å²) in [5.74, 6) is -0.358. The molecule has 0 N–H and O–H groups in total. The molecule has 4 nitrogen and oxygen atoms in total. The number of methoxy groups -OCH3 is 1. The molecule has 2 aromatic carbocycles. The molecule has 4 heteroatoms. The Labute approximate surface area is 139 Å². The second kappa shape index (κ2) is 7.33. The van der Waals surface area contributed by atoms with Gasteiger partial charge in [-0.2, -0.15) is 0 Å².